The number of amides is 1. The van der Waals surface area contributed by atoms with Crippen molar-refractivity contribution in [3.8, 4) is 0 Å². The molecule has 1 atom stereocenters. The average molecular weight is 409 g/mol. The fraction of sp³-hybridized carbons (Fsp3) is 0.261. The topological polar surface area (TPSA) is 86.1 Å². The van der Waals surface area contributed by atoms with E-state index in [2.05, 4.69) is 23.5 Å². The first-order valence-corrected chi connectivity index (χ1v) is 9.70. The van der Waals surface area contributed by atoms with Gasteiger partial charge in [0.1, 0.15) is 0 Å². The Morgan fingerprint density at radius 1 is 1.00 bits per heavy atom. The van der Waals surface area contributed by atoms with Gasteiger partial charge in [-0.25, -0.2) is 9.59 Å². The Balaban J connectivity index is 1.68. The summed E-state index contributed by atoms with van der Waals surface area (Å²) in [6.45, 7) is 1.82. The van der Waals surface area contributed by atoms with E-state index in [9.17, 15) is 14.4 Å². The number of quaternary nitrogens is 1. The second-order valence-electron chi connectivity index (χ2n) is 7.02. The Labute approximate surface area is 175 Å². The normalized spacial score (nSPS) is 15.7. The number of ether oxygens (including phenoxy) is 2. The summed E-state index contributed by atoms with van der Waals surface area (Å²) in [7, 11) is 2.53. The van der Waals surface area contributed by atoms with Crippen molar-refractivity contribution in [3.63, 3.8) is 0 Å². The Morgan fingerprint density at radius 3 is 2.37 bits per heavy atom. The SMILES string of the molecule is COC(=O)c1ccc(C(=O)OC)c(NC(=O)C[NH+]2CC=C(c3ccccc3)CC2)c1. The number of methoxy groups -OCH3 is 2. The predicted octanol–water partition coefficient (Wildman–Crippen LogP) is 1.57. The van der Waals surface area contributed by atoms with Gasteiger partial charge in [0, 0.05) is 6.42 Å². The van der Waals surface area contributed by atoms with Gasteiger partial charge in [0.05, 0.1) is 44.1 Å². The van der Waals surface area contributed by atoms with Crippen LogP contribution >= 0.6 is 0 Å². The molecule has 30 heavy (non-hydrogen) atoms. The van der Waals surface area contributed by atoms with Crippen molar-refractivity contribution in [3.05, 3.63) is 71.3 Å². The van der Waals surface area contributed by atoms with Gasteiger partial charge in [-0.1, -0.05) is 30.3 Å². The average Bonchev–Trinajstić information content (AvgIpc) is 2.79. The molecule has 1 heterocycles. The first-order chi connectivity index (χ1) is 14.5. The van der Waals surface area contributed by atoms with E-state index in [1.807, 2.05) is 18.2 Å². The summed E-state index contributed by atoms with van der Waals surface area (Å²) in [6.07, 6.45) is 3.05. The van der Waals surface area contributed by atoms with Crippen molar-refractivity contribution in [2.75, 3.05) is 39.2 Å². The van der Waals surface area contributed by atoms with Crippen molar-refractivity contribution in [1.82, 2.24) is 0 Å². The van der Waals surface area contributed by atoms with Gasteiger partial charge in [-0.3, -0.25) is 4.79 Å². The fourth-order valence-corrected chi connectivity index (χ4v) is 3.46. The lowest BCUT2D eigenvalue weighted by Crippen LogP contribution is -3.13. The van der Waals surface area contributed by atoms with Gasteiger partial charge < -0.3 is 19.7 Å². The van der Waals surface area contributed by atoms with Crippen LogP contribution < -0.4 is 10.2 Å². The summed E-state index contributed by atoms with van der Waals surface area (Å²) in [5.74, 6) is -1.39. The van der Waals surface area contributed by atoms with E-state index in [1.54, 1.807) is 0 Å². The van der Waals surface area contributed by atoms with Crippen LogP contribution in [0.1, 0.15) is 32.7 Å². The first-order valence-electron chi connectivity index (χ1n) is 9.70. The molecule has 2 N–H and O–H groups in total. The van der Waals surface area contributed by atoms with Crippen LogP contribution in [0.15, 0.2) is 54.6 Å². The third kappa shape index (κ3) is 5.12. The Hall–Kier alpha value is -3.45. The molecule has 2 aromatic carbocycles. The van der Waals surface area contributed by atoms with Crippen LogP contribution in [0.4, 0.5) is 5.69 Å². The molecule has 1 unspecified atom stereocenters. The summed E-state index contributed by atoms with van der Waals surface area (Å²) in [4.78, 5) is 37.6. The van der Waals surface area contributed by atoms with Gasteiger partial charge in [0.2, 0.25) is 0 Å². The zero-order chi connectivity index (χ0) is 21.5. The van der Waals surface area contributed by atoms with Crippen LogP contribution in [-0.4, -0.2) is 51.7 Å². The van der Waals surface area contributed by atoms with Crippen LogP contribution in [0.5, 0.6) is 0 Å². The molecule has 7 heteroatoms. The minimum atomic E-state index is -0.595. The van der Waals surface area contributed by atoms with Crippen molar-refractivity contribution >= 4 is 29.1 Å². The van der Waals surface area contributed by atoms with Crippen molar-refractivity contribution in [2.24, 2.45) is 0 Å². The summed E-state index contributed by atoms with van der Waals surface area (Å²) in [5, 5.41) is 2.75. The van der Waals surface area contributed by atoms with Gasteiger partial charge in [0.15, 0.2) is 6.54 Å². The van der Waals surface area contributed by atoms with Crippen LogP contribution in [0.25, 0.3) is 5.57 Å². The molecule has 0 saturated carbocycles. The highest BCUT2D eigenvalue weighted by atomic mass is 16.5. The molecule has 2 aromatic rings. The highest BCUT2D eigenvalue weighted by molar-refractivity contribution is 6.03. The minimum Gasteiger partial charge on any atom is -0.465 e. The quantitative estimate of drug-likeness (QED) is 0.708. The lowest BCUT2D eigenvalue weighted by Gasteiger charge is -2.23. The van der Waals surface area contributed by atoms with E-state index in [1.165, 1.54) is 43.6 Å². The summed E-state index contributed by atoms with van der Waals surface area (Å²) in [5.41, 5.74) is 3.15. The highest BCUT2D eigenvalue weighted by Crippen LogP contribution is 2.20. The highest BCUT2D eigenvalue weighted by Gasteiger charge is 2.21. The third-order valence-corrected chi connectivity index (χ3v) is 5.06. The first kappa shape index (κ1) is 21.3. The van der Waals surface area contributed by atoms with Crippen LogP contribution in [-0.2, 0) is 14.3 Å². The maximum absolute atomic E-state index is 12.6. The molecule has 7 nitrogen and oxygen atoms in total. The lowest BCUT2D eigenvalue weighted by atomic mass is 10.00. The van der Waals surface area contributed by atoms with Gasteiger partial charge in [0.25, 0.3) is 5.91 Å². The predicted molar refractivity (Wildman–Crippen MR) is 112 cm³/mol. The molecule has 0 radical (unpaired) electrons. The van der Waals surface area contributed by atoms with E-state index in [0.29, 0.717) is 0 Å². The molecule has 1 amide bonds. The molecular formula is C23H25N2O5+. The third-order valence-electron chi connectivity index (χ3n) is 5.06. The number of nitrogens with one attached hydrogen (secondary N) is 2. The maximum atomic E-state index is 12.6. The Bertz CT molecular complexity index is 969. The number of carbonyl (C=O) groups excluding carboxylic acids is 3. The molecule has 0 fully saturated rings. The Morgan fingerprint density at radius 2 is 1.73 bits per heavy atom. The molecule has 0 bridgehead atoms. The molecule has 1 aliphatic rings. The van der Waals surface area contributed by atoms with E-state index >= 15 is 0 Å². The number of anilines is 1. The second kappa shape index (κ2) is 9.84. The fourth-order valence-electron chi connectivity index (χ4n) is 3.46. The molecule has 0 spiro atoms. The van der Waals surface area contributed by atoms with E-state index in [4.69, 9.17) is 9.47 Å². The van der Waals surface area contributed by atoms with E-state index in [0.717, 1.165) is 24.4 Å². The number of benzene rings is 2. The molecule has 0 aliphatic carbocycles. The second-order valence-corrected chi connectivity index (χ2v) is 7.02. The lowest BCUT2D eigenvalue weighted by molar-refractivity contribution is -0.886. The molecule has 0 aromatic heterocycles. The van der Waals surface area contributed by atoms with E-state index in [-0.39, 0.29) is 29.3 Å². The Kier molecular flexibility index (Phi) is 6.98. The summed E-state index contributed by atoms with van der Waals surface area (Å²) in [6, 6.07) is 14.5. The zero-order valence-corrected chi connectivity index (χ0v) is 17.1. The number of rotatable bonds is 6. The maximum Gasteiger partial charge on any atom is 0.339 e. The summed E-state index contributed by atoms with van der Waals surface area (Å²) >= 11 is 0. The van der Waals surface area contributed by atoms with Gasteiger partial charge in [-0.05, 0) is 35.4 Å². The minimum absolute atomic E-state index is 0.179. The van der Waals surface area contributed by atoms with Crippen molar-refractivity contribution in [1.29, 1.82) is 0 Å². The molecule has 156 valence electrons. The molecular weight excluding hydrogens is 384 g/mol. The standard InChI is InChI=1S/C23H24N2O5/c1-29-22(27)18-8-9-19(23(28)30-2)20(14-18)24-21(26)15-25-12-10-17(11-13-25)16-6-4-3-5-7-16/h3-10,14H,11-13,15H2,1-2H3,(H,24,26)/p+1. The molecule has 1 aliphatic heterocycles. The van der Waals surface area contributed by atoms with Crippen molar-refractivity contribution in [2.45, 2.75) is 6.42 Å². The molecule has 3 rings (SSSR count). The van der Waals surface area contributed by atoms with Crippen LogP contribution in [0.2, 0.25) is 0 Å². The summed E-state index contributed by atoms with van der Waals surface area (Å²) < 4.78 is 9.48. The van der Waals surface area contributed by atoms with Crippen LogP contribution in [0.3, 0.4) is 0 Å². The number of hydrogen-bond acceptors (Lipinski definition) is 5. The van der Waals surface area contributed by atoms with Gasteiger partial charge >= 0.3 is 11.9 Å². The largest absolute Gasteiger partial charge is 0.465 e. The van der Waals surface area contributed by atoms with Crippen LogP contribution in [0, 0.1) is 0 Å². The molecule has 0 saturated heterocycles. The number of hydrogen-bond donors (Lipinski definition) is 2. The zero-order valence-electron chi connectivity index (χ0n) is 17.1. The smallest absolute Gasteiger partial charge is 0.339 e. The van der Waals surface area contributed by atoms with E-state index < -0.39 is 11.9 Å². The van der Waals surface area contributed by atoms with Gasteiger partial charge in [-0.2, -0.15) is 0 Å². The number of carbonyl (C=O) groups is 3. The number of esters is 2. The van der Waals surface area contributed by atoms with Gasteiger partial charge in [-0.15, -0.1) is 0 Å². The van der Waals surface area contributed by atoms with Crippen molar-refractivity contribution < 1.29 is 28.8 Å². The monoisotopic (exact) mass is 409 g/mol.